The molecule has 4 aromatic rings. The minimum Gasteiger partial charge on any atom is -0.478 e. The number of carbonyl (C=O) groups excluding carboxylic acids is 2. The quantitative estimate of drug-likeness (QED) is 0.101. The monoisotopic (exact) mass is 646 g/mol. The molecule has 41 heavy (non-hydrogen) atoms. The van der Waals surface area contributed by atoms with Gasteiger partial charge < -0.3 is 15.7 Å². The first-order valence-corrected chi connectivity index (χ1v) is 14.5. The van der Waals surface area contributed by atoms with E-state index in [4.69, 9.17) is 46.4 Å². The molecule has 0 bridgehead atoms. The summed E-state index contributed by atoms with van der Waals surface area (Å²) in [5, 5.41) is 13.5. The molecule has 11 heteroatoms. The number of aryl methyl sites for hydroxylation is 2. The smallest absolute Gasteiger partial charge is 0.338 e. The van der Waals surface area contributed by atoms with Crippen molar-refractivity contribution in [1.29, 1.82) is 0 Å². The van der Waals surface area contributed by atoms with Crippen molar-refractivity contribution in [3.8, 4) is 0 Å². The van der Waals surface area contributed by atoms with Gasteiger partial charge in [-0.25, -0.2) is 4.79 Å². The number of carbonyl (C=O) groups is 3. The number of anilines is 2. The number of benzene rings is 4. The molecule has 4 rings (SSSR count). The number of carboxylic acids is 1. The summed E-state index contributed by atoms with van der Waals surface area (Å²) in [7, 11) is 0. The van der Waals surface area contributed by atoms with Crippen LogP contribution in [0.5, 0.6) is 0 Å². The highest BCUT2D eigenvalue weighted by molar-refractivity contribution is 8.00. The molecule has 210 valence electrons. The Labute approximate surface area is 261 Å². The third-order valence-electron chi connectivity index (χ3n) is 6.05. The summed E-state index contributed by atoms with van der Waals surface area (Å²) in [4.78, 5) is 39.3. The van der Waals surface area contributed by atoms with Crippen LogP contribution in [-0.2, 0) is 4.79 Å². The normalized spacial score (nSPS) is 11.6. The molecule has 0 saturated heterocycles. The van der Waals surface area contributed by atoms with Crippen molar-refractivity contribution in [2.75, 3.05) is 10.6 Å². The summed E-state index contributed by atoms with van der Waals surface area (Å²) >= 11 is 25.7. The lowest BCUT2D eigenvalue weighted by Crippen LogP contribution is -2.20. The van der Waals surface area contributed by atoms with Crippen LogP contribution < -0.4 is 10.6 Å². The second kappa shape index (κ2) is 13.2. The zero-order valence-electron chi connectivity index (χ0n) is 21.6. The number of halogens is 4. The van der Waals surface area contributed by atoms with Crippen LogP contribution in [0.25, 0.3) is 0 Å². The van der Waals surface area contributed by atoms with Gasteiger partial charge in [0.05, 0.1) is 31.2 Å². The molecule has 0 aliphatic heterocycles. The van der Waals surface area contributed by atoms with E-state index in [1.54, 1.807) is 24.3 Å². The summed E-state index contributed by atoms with van der Waals surface area (Å²) in [5.41, 5.74) is 2.81. The Morgan fingerprint density at radius 1 is 0.756 bits per heavy atom. The number of hydrogen-bond acceptors (Lipinski definition) is 4. The molecule has 0 fully saturated rings. The molecule has 3 N–H and O–H groups in total. The molecule has 0 aromatic heterocycles. The van der Waals surface area contributed by atoms with Crippen molar-refractivity contribution in [2.45, 2.75) is 24.0 Å². The van der Waals surface area contributed by atoms with E-state index in [9.17, 15) is 19.5 Å². The highest BCUT2D eigenvalue weighted by Gasteiger charge is 2.29. The Hall–Kier alpha value is -3.20. The first kappa shape index (κ1) is 30.8. The van der Waals surface area contributed by atoms with Gasteiger partial charge in [0.2, 0.25) is 5.91 Å². The number of amides is 2. The molecule has 4 aromatic carbocycles. The number of aromatic carboxylic acids is 1. The van der Waals surface area contributed by atoms with Crippen LogP contribution in [0.1, 0.15) is 42.7 Å². The van der Waals surface area contributed by atoms with Gasteiger partial charge in [0.15, 0.2) is 0 Å². The van der Waals surface area contributed by atoms with E-state index in [-0.39, 0.29) is 21.0 Å². The van der Waals surface area contributed by atoms with E-state index in [0.29, 0.717) is 10.6 Å². The molecule has 0 radical (unpaired) electrons. The fourth-order valence-corrected chi connectivity index (χ4v) is 6.09. The number of carboxylic acid groups (broad SMARTS) is 1. The largest absolute Gasteiger partial charge is 0.478 e. The van der Waals surface area contributed by atoms with E-state index >= 15 is 0 Å². The highest BCUT2D eigenvalue weighted by Crippen LogP contribution is 2.42. The van der Waals surface area contributed by atoms with Crippen LogP contribution in [0.2, 0.25) is 20.1 Å². The van der Waals surface area contributed by atoms with E-state index in [2.05, 4.69) is 10.6 Å². The van der Waals surface area contributed by atoms with Crippen molar-refractivity contribution in [1.82, 2.24) is 0 Å². The maximum Gasteiger partial charge on any atom is 0.338 e. The third kappa shape index (κ3) is 7.00. The van der Waals surface area contributed by atoms with Gasteiger partial charge in [-0.05, 0) is 54.8 Å². The van der Waals surface area contributed by atoms with Crippen molar-refractivity contribution in [3.05, 3.63) is 121 Å². The van der Waals surface area contributed by atoms with Crippen LogP contribution in [0, 0.1) is 13.8 Å². The molecule has 6 nitrogen and oxygen atoms in total. The average Bonchev–Trinajstić information content (AvgIpc) is 2.94. The van der Waals surface area contributed by atoms with Gasteiger partial charge in [0, 0.05) is 16.3 Å². The maximum absolute atomic E-state index is 13.6. The standard InChI is InChI=1S/C30H22Cl4N2O4S/c1-15-11-12-16(2)20(13-15)36-29(38)27(17-7-4-3-5-8-17)41-19-10-6-9-18(14-19)35-28(37)21-22(30(39)40)24(32)26(34)25(33)23(21)31/h3-14,27H,1-2H3,(H,35,37)(H,36,38)(H,39,40). The number of rotatable bonds is 8. The third-order valence-corrected chi connectivity index (χ3v) is 9.10. The molecule has 0 spiro atoms. The van der Waals surface area contributed by atoms with Gasteiger partial charge >= 0.3 is 5.97 Å². The topological polar surface area (TPSA) is 95.5 Å². The molecule has 0 aliphatic rings. The zero-order valence-corrected chi connectivity index (χ0v) is 25.4. The average molecular weight is 648 g/mol. The Morgan fingerprint density at radius 3 is 2.07 bits per heavy atom. The summed E-state index contributed by atoms with van der Waals surface area (Å²) in [6.45, 7) is 3.88. The summed E-state index contributed by atoms with van der Waals surface area (Å²) < 4.78 is 0. The first-order chi connectivity index (χ1) is 19.5. The second-order valence-corrected chi connectivity index (χ2v) is 11.7. The fraction of sp³-hybridized carbons (Fsp3) is 0.100. The van der Waals surface area contributed by atoms with E-state index in [0.717, 1.165) is 22.4 Å². The Bertz CT molecular complexity index is 1660. The van der Waals surface area contributed by atoms with Gasteiger partial charge in [-0.1, -0.05) is 94.9 Å². The van der Waals surface area contributed by atoms with Crippen molar-refractivity contribution in [3.63, 3.8) is 0 Å². The predicted octanol–water partition coefficient (Wildman–Crippen LogP) is 9.34. The van der Waals surface area contributed by atoms with E-state index in [1.165, 1.54) is 11.8 Å². The molecule has 1 unspecified atom stereocenters. The maximum atomic E-state index is 13.6. The molecule has 2 amide bonds. The van der Waals surface area contributed by atoms with Crippen LogP contribution in [0.4, 0.5) is 11.4 Å². The first-order valence-electron chi connectivity index (χ1n) is 12.1. The summed E-state index contributed by atoms with van der Waals surface area (Å²) in [6, 6.07) is 21.9. The predicted molar refractivity (Wildman–Crippen MR) is 167 cm³/mol. The Balaban J connectivity index is 1.63. The van der Waals surface area contributed by atoms with Crippen LogP contribution in [-0.4, -0.2) is 22.9 Å². The van der Waals surface area contributed by atoms with Gasteiger partial charge in [0.1, 0.15) is 5.25 Å². The molecular weight excluding hydrogens is 626 g/mol. The second-order valence-electron chi connectivity index (χ2n) is 9.01. The van der Waals surface area contributed by atoms with Gasteiger partial charge in [-0.2, -0.15) is 0 Å². The SMILES string of the molecule is Cc1ccc(C)c(NC(=O)C(Sc2cccc(NC(=O)c3c(Cl)c(Cl)c(Cl)c(Cl)c3C(=O)O)c2)c2ccccc2)c1. The van der Waals surface area contributed by atoms with E-state index in [1.807, 2.05) is 62.4 Å². The number of thioether (sulfide) groups is 1. The number of hydrogen-bond donors (Lipinski definition) is 3. The van der Waals surface area contributed by atoms with Crippen molar-refractivity contribution in [2.24, 2.45) is 0 Å². The van der Waals surface area contributed by atoms with Crippen molar-refractivity contribution >= 4 is 87.3 Å². The molecule has 0 heterocycles. The van der Waals surface area contributed by atoms with Gasteiger partial charge in [0.25, 0.3) is 5.91 Å². The Morgan fingerprint density at radius 2 is 1.41 bits per heavy atom. The van der Waals surface area contributed by atoms with Crippen LogP contribution >= 0.6 is 58.2 Å². The number of nitrogens with one attached hydrogen (secondary N) is 2. The fourth-order valence-electron chi connectivity index (χ4n) is 3.99. The lowest BCUT2D eigenvalue weighted by atomic mass is 10.1. The molecule has 0 saturated carbocycles. The van der Waals surface area contributed by atoms with Gasteiger partial charge in [-0.3, -0.25) is 9.59 Å². The zero-order chi connectivity index (χ0) is 29.8. The van der Waals surface area contributed by atoms with Gasteiger partial charge in [-0.15, -0.1) is 11.8 Å². The summed E-state index contributed by atoms with van der Waals surface area (Å²) in [6.07, 6.45) is 0. The minimum atomic E-state index is -1.49. The summed E-state index contributed by atoms with van der Waals surface area (Å²) in [5.74, 6) is -2.56. The van der Waals surface area contributed by atoms with Crippen LogP contribution in [0.15, 0.2) is 77.7 Å². The lowest BCUT2D eigenvalue weighted by Gasteiger charge is -2.19. The lowest BCUT2D eigenvalue weighted by molar-refractivity contribution is -0.115. The van der Waals surface area contributed by atoms with Crippen LogP contribution in [0.3, 0.4) is 0 Å². The molecular formula is C30H22Cl4N2O4S. The van der Waals surface area contributed by atoms with Crippen molar-refractivity contribution < 1.29 is 19.5 Å². The minimum absolute atomic E-state index is 0.215. The van der Waals surface area contributed by atoms with E-state index < -0.39 is 33.3 Å². The highest BCUT2D eigenvalue weighted by atomic mass is 35.5. The molecule has 0 aliphatic carbocycles. The Kier molecular flexibility index (Phi) is 9.89. The molecule has 1 atom stereocenters.